The fourth-order valence-corrected chi connectivity index (χ4v) is 3.81. The molecular weight excluding hydrogens is 357 g/mol. The Morgan fingerprint density at radius 1 is 1.50 bits per heavy atom. The summed E-state index contributed by atoms with van der Waals surface area (Å²) < 4.78 is 15.3. The summed E-state index contributed by atoms with van der Waals surface area (Å²) in [5.41, 5.74) is 1.82. The summed E-state index contributed by atoms with van der Waals surface area (Å²) in [6.45, 7) is 2.30. The van der Waals surface area contributed by atoms with E-state index in [2.05, 4.69) is 20.7 Å². The summed E-state index contributed by atoms with van der Waals surface area (Å²) in [5.74, 6) is -1.66. The Bertz CT molecular complexity index is 980. The topological polar surface area (TPSA) is 88.4 Å². The molecule has 2 aromatic heterocycles. The summed E-state index contributed by atoms with van der Waals surface area (Å²) in [6.07, 6.45) is 2.39. The number of hydrogen-bond acceptors (Lipinski definition) is 5. The Morgan fingerprint density at radius 2 is 2.35 bits per heavy atom. The molecule has 0 fully saturated rings. The zero-order valence-electron chi connectivity index (χ0n) is 14.0. The molecule has 0 spiro atoms. The molecule has 0 bridgehead atoms. The van der Waals surface area contributed by atoms with Crippen molar-refractivity contribution < 1.29 is 14.0 Å². The molecule has 1 atom stereocenters. The van der Waals surface area contributed by atoms with E-state index in [1.54, 1.807) is 4.52 Å². The van der Waals surface area contributed by atoms with E-state index < -0.39 is 11.7 Å². The highest BCUT2D eigenvalue weighted by molar-refractivity contribution is 7.16. The quantitative estimate of drug-likeness (QED) is 0.732. The van der Waals surface area contributed by atoms with Gasteiger partial charge in [0.2, 0.25) is 16.8 Å². The number of benzene rings is 1. The predicted molar refractivity (Wildman–Crippen MR) is 94.7 cm³/mol. The summed E-state index contributed by atoms with van der Waals surface area (Å²) >= 11 is 1.50. The summed E-state index contributed by atoms with van der Waals surface area (Å²) in [7, 11) is 0. The van der Waals surface area contributed by atoms with E-state index >= 15 is 0 Å². The van der Waals surface area contributed by atoms with Gasteiger partial charge in [-0.2, -0.15) is 5.10 Å². The summed E-state index contributed by atoms with van der Waals surface area (Å²) in [6, 6.07) is 4.05. The van der Waals surface area contributed by atoms with Crippen molar-refractivity contribution >= 4 is 33.8 Å². The molecule has 1 aliphatic rings. The first-order chi connectivity index (χ1) is 12.5. The molecule has 7 nitrogen and oxygen atoms in total. The molecule has 4 rings (SSSR count). The highest BCUT2D eigenvalue weighted by Gasteiger charge is 2.30. The molecule has 0 unspecified atom stereocenters. The van der Waals surface area contributed by atoms with E-state index in [9.17, 15) is 14.0 Å². The van der Waals surface area contributed by atoms with Crippen LogP contribution in [0.4, 0.5) is 10.1 Å². The SMILES string of the molecule is Cc1nn2cc(CCNC(=O)[C@@H]3CC(=O)Nc4ccc(F)cc43)nc2s1. The zero-order chi connectivity index (χ0) is 18.3. The smallest absolute Gasteiger partial charge is 0.228 e. The highest BCUT2D eigenvalue weighted by atomic mass is 32.1. The number of anilines is 1. The third-order valence-corrected chi connectivity index (χ3v) is 5.08. The van der Waals surface area contributed by atoms with Crippen LogP contribution in [0.2, 0.25) is 0 Å². The van der Waals surface area contributed by atoms with Gasteiger partial charge in [-0.25, -0.2) is 13.9 Å². The van der Waals surface area contributed by atoms with Gasteiger partial charge < -0.3 is 10.6 Å². The predicted octanol–water partition coefficient (Wildman–Crippen LogP) is 2.02. The molecule has 2 N–H and O–H groups in total. The van der Waals surface area contributed by atoms with E-state index in [1.807, 2.05) is 13.1 Å². The van der Waals surface area contributed by atoms with Gasteiger partial charge >= 0.3 is 0 Å². The first kappa shape index (κ1) is 16.6. The van der Waals surface area contributed by atoms with Crippen molar-refractivity contribution in [3.8, 4) is 0 Å². The van der Waals surface area contributed by atoms with Crippen LogP contribution < -0.4 is 10.6 Å². The van der Waals surface area contributed by atoms with Crippen LogP contribution in [0.15, 0.2) is 24.4 Å². The number of fused-ring (bicyclic) bond motifs is 2. The van der Waals surface area contributed by atoms with Crippen LogP contribution >= 0.6 is 11.3 Å². The zero-order valence-corrected chi connectivity index (χ0v) is 14.8. The van der Waals surface area contributed by atoms with Gasteiger partial charge in [0.05, 0.1) is 17.8 Å². The Kier molecular flexibility index (Phi) is 4.15. The molecule has 1 aliphatic heterocycles. The van der Waals surface area contributed by atoms with Gasteiger partial charge in [-0.1, -0.05) is 11.3 Å². The lowest BCUT2D eigenvalue weighted by molar-refractivity contribution is -0.126. The molecule has 26 heavy (non-hydrogen) atoms. The maximum absolute atomic E-state index is 13.5. The molecule has 1 aromatic carbocycles. The van der Waals surface area contributed by atoms with Gasteiger partial charge in [-0.15, -0.1) is 0 Å². The molecule has 2 amide bonds. The third-order valence-electron chi connectivity index (χ3n) is 4.24. The van der Waals surface area contributed by atoms with E-state index in [1.165, 1.54) is 29.5 Å². The van der Waals surface area contributed by atoms with E-state index in [-0.39, 0.29) is 18.2 Å². The second-order valence-electron chi connectivity index (χ2n) is 6.16. The van der Waals surface area contributed by atoms with Crippen LogP contribution in [-0.2, 0) is 16.0 Å². The minimum Gasteiger partial charge on any atom is -0.355 e. The van der Waals surface area contributed by atoms with Crippen LogP contribution in [0.1, 0.15) is 28.6 Å². The van der Waals surface area contributed by atoms with Gasteiger partial charge in [0.25, 0.3) is 0 Å². The normalized spacial score (nSPS) is 16.4. The second-order valence-corrected chi connectivity index (χ2v) is 7.32. The van der Waals surface area contributed by atoms with Crippen LogP contribution in [0, 0.1) is 12.7 Å². The van der Waals surface area contributed by atoms with Crippen molar-refractivity contribution in [3.05, 3.63) is 46.5 Å². The number of carbonyl (C=O) groups is 2. The lowest BCUT2D eigenvalue weighted by atomic mass is 9.89. The molecule has 3 heterocycles. The van der Waals surface area contributed by atoms with Gasteiger partial charge in [-0.05, 0) is 30.7 Å². The fourth-order valence-electron chi connectivity index (χ4n) is 3.07. The molecular formula is C17H16FN5O2S. The van der Waals surface area contributed by atoms with Crippen molar-refractivity contribution in [2.45, 2.75) is 25.7 Å². The molecule has 0 aliphatic carbocycles. The van der Waals surface area contributed by atoms with Crippen LogP contribution in [0.5, 0.6) is 0 Å². The Morgan fingerprint density at radius 3 is 3.15 bits per heavy atom. The van der Waals surface area contributed by atoms with E-state index in [0.717, 1.165) is 15.7 Å². The monoisotopic (exact) mass is 373 g/mol. The van der Waals surface area contributed by atoms with Crippen LogP contribution in [-0.4, -0.2) is 33.0 Å². The summed E-state index contributed by atoms with van der Waals surface area (Å²) in [4.78, 5) is 29.6. The van der Waals surface area contributed by atoms with Crippen molar-refractivity contribution in [2.75, 3.05) is 11.9 Å². The van der Waals surface area contributed by atoms with Crippen molar-refractivity contribution in [1.29, 1.82) is 0 Å². The van der Waals surface area contributed by atoms with Crippen LogP contribution in [0.25, 0.3) is 4.96 Å². The number of amides is 2. The minimum atomic E-state index is -0.691. The minimum absolute atomic E-state index is 0.00565. The largest absolute Gasteiger partial charge is 0.355 e. The first-order valence-corrected chi connectivity index (χ1v) is 9.00. The number of aromatic nitrogens is 3. The number of imidazole rings is 1. The average Bonchev–Trinajstić information content (AvgIpc) is 3.11. The lowest BCUT2D eigenvalue weighted by Crippen LogP contribution is -2.36. The number of hydrogen-bond donors (Lipinski definition) is 2. The third kappa shape index (κ3) is 3.17. The van der Waals surface area contributed by atoms with Crippen molar-refractivity contribution in [3.63, 3.8) is 0 Å². The molecule has 0 saturated carbocycles. The second kappa shape index (κ2) is 6.49. The number of nitrogens with one attached hydrogen (secondary N) is 2. The van der Waals surface area contributed by atoms with E-state index in [0.29, 0.717) is 24.2 Å². The van der Waals surface area contributed by atoms with Crippen molar-refractivity contribution in [1.82, 2.24) is 19.9 Å². The maximum Gasteiger partial charge on any atom is 0.228 e. The van der Waals surface area contributed by atoms with Crippen molar-refractivity contribution in [2.24, 2.45) is 0 Å². The molecule has 0 saturated heterocycles. The van der Waals surface area contributed by atoms with Gasteiger partial charge in [0, 0.05) is 25.1 Å². The fraction of sp³-hybridized carbons (Fsp3) is 0.294. The highest BCUT2D eigenvalue weighted by Crippen LogP contribution is 2.32. The maximum atomic E-state index is 13.5. The van der Waals surface area contributed by atoms with Gasteiger partial charge in [0.15, 0.2) is 0 Å². The van der Waals surface area contributed by atoms with Gasteiger partial charge in [0.1, 0.15) is 10.8 Å². The molecule has 3 aromatic rings. The number of aryl methyl sites for hydroxylation is 1. The number of nitrogens with zero attached hydrogens (tertiary/aromatic N) is 3. The Hall–Kier alpha value is -2.81. The lowest BCUT2D eigenvalue weighted by Gasteiger charge is -2.24. The summed E-state index contributed by atoms with van der Waals surface area (Å²) in [5, 5.41) is 10.7. The molecule has 134 valence electrons. The first-order valence-electron chi connectivity index (χ1n) is 8.18. The Balaban J connectivity index is 1.42. The molecule has 0 radical (unpaired) electrons. The van der Waals surface area contributed by atoms with E-state index in [4.69, 9.17) is 0 Å². The number of carbonyl (C=O) groups excluding carboxylic acids is 2. The number of rotatable bonds is 4. The average molecular weight is 373 g/mol. The molecule has 9 heteroatoms. The Labute approximate surface area is 152 Å². The number of halogens is 1. The standard InChI is InChI=1S/C17H16FN5O2S/c1-9-22-23-8-11(20-17(23)26-9)4-5-19-16(25)13-7-15(24)21-14-3-2-10(18)6-12(13)14/h2-3,6,8,13H,4-5,7H2,1H3,(H,19,25)(H,21,24)/t13-/m1/s1. The van der Waals surface area contributed by atoms with Crippen LogP contribution in [0.3, 0.4) is 0 Å². The van der Waals surface area contributed by atoms with Gasteiger partial charge in [-0.3, -0.25) is 9.59 Å².